The van der Waals surface area contributed by atoms with Crippen LogP contribution in [0.2, 0.25) is 10.0 Å². The third kappa shape index (κ3) is 3.15. The number of allylic oxidation sites excluding steroid dienone is 1. The number of halogens is 2. The molecule has 7 heteroatoms. The molecule has 0 radical (unpaired) electrons. The number of fused-ring (bicyclic) bond motifs is 7. The molecule has 174 valence electrons. The molecule has 3 fully saturated rings. The topological polar surface area (TPSA) is 59.8 Å². The van der Waals surface area contributed by atoms with Gasteiger partial charge in [-0.3, -0.25) is 4.79 Å². The minimum Gasteiger partial charge on any atom is -0.328 e. The molecule has 4 aliphatic rings. The lowest BCUT2D eigenvalue weighted by molar-refractivity contribution is -0.128. The highest BCUT2D eigenvalue weighted by molar-refractivity contribution is 6.36. The van der Waals surface area contributed by atoms with Gasteiger partial charge >= 0.3 is 0 Å². The summed E-state index contributed by atoms with van der Waals surface area (Å²) in [5.74, 6) is 3.42. The SMILES string of the molecule is C[C@]12CC[C@H]3[C@@H](CCC4n5ccnc5C=C[C@@]43C)[C@@H]1CC[C@@H]2C(=O)Nc1ncc(Cl)cc1Cl. The predicted octanol–water partition coefficient (Wildman–Crippen LogP) is 6.65. The highest BCUT2D eigenvalue weighted by Crippen LogP contribution is 2.67. The molecular weight excluding hydrogens is 455 g/mol. The van der Waals surface area contributed by atoms with Gasteiger partial charge in [-0.05, 0) is 73.8 Å². The molecule has 33 heavy (non-hydrogen) atoms. The Balaban J connectivity index is 1.24. The van der Waals surface area contributed by atoms with Crippen LogP contribution < -0.4 is 5.32 Å². The van der Waals surface area contributed by atoms with Crippen molar-refractivity contribution in [2.75, 3.05) is 5.32 Å². The molecule has 1 N–H and O–H groups in total. The van der Waals surface area contributed by atoms with Crippen LogP contribution in [0.25, 0.3) is 6.08 Å². The van der Waals surface area contributed by atoms with Crippen molar-refractivity contribution in [2.45, 2.75) is 58.4 Å². The molecule has 3 saturated carbocycles. The van der Waals surface area contributed by atoms with Crippen molar-refractivity contribution in [2.24, 2.45) is 34.5 Å². The van der Waals surface area contributed by atoms with E-state index in [0.717, 1.165) is 25.1 Å². The lowest BCUT2D eigenvalue weighted by Crippen LogP contribution is -2.53. The molecule has 6 rings (SSSR count). The number of amides is 1. The van der Waals surface area contributed by atoms with Crippen LogP contribution in [0.15, 0.2) is 30.7 Å². The number of nitrogens with one attached hydrogen (secondary N) is 1. The lowest BCUT2D eigenvalue weighted by atomic mass is 9.48. The monoisotopic (exact) mass is 484 g/mol. The molecule has 3 aliphatic carbocycles. The van der Waals surface area contributed by atoms with Gasteiger partial charge in [-0.1, -0.05) is 43.1 Å². The Hall–Kier alpha value is -1.85. The highest BCUT2D eigenvalue weighted by Gasteiger charge is 2.61. The smallest absolute Gasteiger partial charge is 0.229 e. The standard InChI is InChI=1S/C26H30Cl2N4O/c1-25-9-7-18-16(3-6-21-26(18,2)10-8-22-29-11-12-32(21)22)17(25)4-5-19(25)24(33)31-23-20(28)13-15(27)14-30-23/h8,10-14,16-19,21H,3-7,9H2,1-2H3,(H,30,31,33)/t16-,17-,18-,19+,21?,25-,26+/m0/s1. The zero-order valence-electron chi connectivity index (χ0n) is 19.1. The van der Waals surface area contributed by atoms with Crippen LogP contribution in [0.1, 0.15) is 64.2 Å². The first-order chi connectivity index (χ1) is 15.8. The van der Waals surface area contributed by atoms with Crippen LogP contribution >= 0.6 is 23.2 Å². The van der Waals surface area contributed by atoms with Gasteiger partial charge in [-0.25, -0.2) is 9.97 Å². The molecule has 0 saturated heterocycles. The first-order valence-corrected chi connectivity index (χ1v) is 12.9. The quantitative estimate of drug-likeness (QED) is 0.518. The van der Waals surface area contributed by atoms with Crippen molar-refractivity contribution in [1.29, 1.82) is 0 Å². The average Bonchev–Trinajstić information content (AvgIpc) is 3.39. The molecule has 2 aromatic heterocycles. The highest BCUT2D eigenvalue weighted by atomic mass is 35.5. The van der Waals surface area contributed by atoms with E-state index >= 15 is 0 Å². The van der Waals surface area contributed by atoms with Crippen LogP contribution in [0.3, 0.4) is 0 Å². The Morgan fingerprint density at radius 3 is 2.79 bits per heavy atom. The van der Waals surface area contributed by atoms with Crippen LogP contribution in [-0.2, 0) is 4.79 Å². The van der Waals surface area contributed by atoms with Crippen molar-refractivity contribution in [3.8, 4) is 0 Å². The minimum atomic E-state index is -0.00956. The summed E-state index contributed by atoms with van der Waals surface area (Å²) >= 11 is 12.2. The summed E-state index contributed by atoms with van der Waals surface area (Å²) in [5.41, 5.74) is 0.172. The van der Waals surface area contributed by atoms with Gasteiger partial charge in [-0.2, -0.15) is 0 Å². The molecule has 1 aliphatic heterocycles. The lowest BCUT2D eigenvalue weighted by Gasteiger charge is -2.59. The van der Waals surface area contributed by atoms with Gasteiger partial charge in [0.2, 0.25) is 5.91 Å². The number of pyridine rings is 1. The molecule has 1 unspecified atom stereocenters. The number of nitrogens with zero attached hydrogens (tertiary/aromatic N) is 3. The Kier molecular flexibility index (Phi) is 4.97. The molecule has 5 nitrogen and oxygen atoms in total. The molecule has 2 aromatic rings. The number of rotatable bonds is 2. The Morgan fingerprint density at radius 1 is 1.12 bits per heavy atom. The largest absolute Gasteiger partial charge is 0.328 e. The second-order valence-corrected chi connectivity index (χ2v) is 11.9. The summed E-state index contributed by atoms with van der Waals surface area (Å²) in [6.45, 7) is 4.82. The molecular formula is C26H30Cl2N4O. The molecule has 0 spiro atoms. The summed E-state index contributed by atoms with van der Waals surface area (Å²) in [6, 6.07) is 2.11. The third-order valence-electron chi connectivity index (χ3n) is 9.72. The van der Waals surface area contributed by atoms with E-state index in [9.17, 15) is 4.79 Å². The van der Waals surface area contributed by atoms with Gasteiger partial charge in [0.25, 0.3) is 0 Å². The van der Waals surface area contributed by atoms with E-state index in [0.29, 0.717) is 39.7 Å². The van der Waals surface area contributed by atoms with Gasteiger partial charge in [-0.15, -0.1) is 0 Å². The van der Waals surface area contributed by atoms with E-state index in [1.165, 1.54) is 25.5 Å². The summed E-state index contributed by atoms with van der Waals surface area (Å²) < 4.78 is 2.40. The molecule has 3 heterocycles. The number of hydrogen-bond acceptors (Lipinski definition) is 3. The van der Waals surface area contributed by atoms with Crippen LogP contribution in [0.5, 0.6) is 0 Å². The van der Waals surface area contributed by atoms with E-state index in [2.05, 4.69) is 52.0 Å². The third-order valence-corrected chi connectivity index (χ3v) is 10.2. The minimum absolute atomic E-state index is 0.00956. The van der Waals surface area contributed by atoms with E-state index in [1.807, 2.05) is 6.20 Å². The first-order valence-electron chi connectivity index (χ1n) is 12.2. The van der Waals surface area contributed by atoms with E-state index in [1.54, 1.807) is 6.07 Å². The number of carbonyl (C=O) groups is 1. The average molecular weight is 485 g/mol. The van der Waals surface area contributed by atoms with E-state index in [-0.39, 0.29) is 22.7 Å². The van der Waals surface area contributed by atoms with Crippen LogP contribution in [0, 0.1) is 34.5 Å². The normalized spacial score (nSPS) is 38.7. The van der Waals surface area contributed by atoms with Crippen molar-refractivity contribution < 1.29 is 4.79 Å². The van der Waals surface area contributed by atoms with Crippen molar-refractivity contribution in [1.82, 2.24) is 14.5 Å². The van der Waals surface area contributed by atoms with Gasteiger partial charge in [0.1, 0.15) is 5.82 Å². The second kappa shape index (κ2) is 7.58. The number of hydrogen-bond donors (Lipinski definition) is 1. The second-order valence-electron chi connectivity index (χ2n) is 11.0. The summed E-state index contributed by atoms with van der Waals surface area (Å²) in [6.07, 6.45) is 17.0. The molecule has 0 aromatic carbocycles. The van der Waals surface area contributed by atoms with Crippen LogP contribution in [-0.4, -0.2) is 20.4 Å². The van der Waals surface area contributed by atoms with Gasteiger partial charge in [0.05, 0.1) is 10.0 Å². The first kappa shape index (κ1) is 21.7. The Morgan fingerprint density at radius 2 is 1.97 bits per heavy atom. The van der Waals surface area contributed by atoms with E-state index < -0.39 is 0 Å². The van der Waals surface area contributed by atoms with Gasteiger partial charge in [0.15, 0.2) is 5.82 Å². The number of carbonyl (C=O) groups excluding carboxylic acids is 1. The van der Waals surface area contributed by atoms with Crippen molar-refractivity contribution in [3.63, 3.8) is 0 Å². The summed E-state index contributed by atoms with van der Waals surface area (Å²) in [7, 11) is 0. The number of anilines is 1. The fourth-order valence-electron chi connectivity index (χ4n) is 8.16. The molecule has 1 amide bonds. The van der Waals surface area contributed by atoms with E-state index in [4.69, 9.17) is 23.2 Å². The Bertz CT molecular complexity index is 1150. The molecule has 0 bridgehead atoms. The summed E-state index contributed by atoms with van der Waals surface area (Å²) in [4.78, 5) is 22.2. The summed E-state index contributed by atoms with van der Waals surface area (Å²) in [5, 5.41) is 3.86. The van der Waals surface area contributed by atoms with Crippen molar-refractivity contribution >= 4 is 41.0 Å². The van der Waals surface area contributed by atoms with Crippen LogP contribution in [0.4, 0.5) is 5.82 Å². The zero-order chi connectivity index (χ0) is 23.0. The van der Waals surface area contributed by atoms with Gasteiger partial charge < -0.3 is 9.88 Å². The number of imidazole rings is 1. The Labute approximate surface area is 205 Å². The molecule has 7 atom stereocenters. The fraction of sp³-hybridized carbons (Fsp3) is 0.577. The number of aromatic nitrogens is 3. The maximum atomic E-state index is 13.4. The fourth-order valence-corrected chi connectivity index (χ4v) is 8.58. The maximum Gasteiger partial charge on any atom is 0.229 e. The maximum absolute atomic E-state index is 13.4. The van der Waals surface area contributed by atoms with Gasteiger partial charge in [0, 0.05) is 36.0 Å². The zero-order valence-corrected chi connectivity index (χ0v) is 20.6. The van der Waals surface area contributed by atoms with Crippen molar-refractivity contribution in [3.05, 3.63) is 46.6 Å². The predicted molar refractivity (Wildman–Crippen MR) is 131 cm³/mol.